The average molecular weight is 189 g/mol. The third-order valence-electron chi connectivity index (χ3n) is 2.23. The summed E-state index contributed by atoms with van der Waals surface area (Å²) in [6, 6.07) is 8.77. The molecule has 2 aromatic rings. The van der Waals surface area contributed by atoms with Gasteiger partial charge in [-0.05, 0) is 36.4 Å². The molecule has 0 radical (unpaired) electrons. The standard InChI is InChI=1S/C11H13N.C2H6/c1-3-9-4-5-10-6-8(2)12-11(10)7-9;1-2/h4-7,12H,3H2,1-2H3;1-2H3. The minimum Gasteiger partial charge on any atom is -0.359 e. The number of rotatable bonds is 1. The van der Waals surface area contributed by atoms with Crippen LogP contribution in [-0.2, 0) is 6.42 Å². The number of aromatic nitrogens is 1. The van der Waals surface area contributed by atoms with Gasteiger partial charge in [0.2, 0.25) is 0 Å². The van der Waals surface area contributed by atoms with E-state index >= 15 is 0 Å². The Hall–Kier alpha value is -1.24. The molecular weight excluding hydrogens is 170 g/mol. The lowest BCUT2D eigenvalue weighted by Crippen LogP contribution is -1.78. The molecule has 0 saturated carbocycles. The third-order valence-corrected chi connectivity index (χ3v) is 2.23. The van der Waals surface area contributed by atoms with Gasteiger partial charge in [-0.2, -0.15) is 0 Å². The molecule has 1 nitrogen and oxygen atoms in total. The Morgan fingerprint density at radius 3 is 2.50 bits per heavy atom. The number of hydrogen-bond donors (Lipinski definition) is 1. The Morgan fingerprint density at radius 1 is 1.14 bits per heavy atom. The maximum atomic E-state index is 3.33. The van der Waals surface area contributed by atoms with E-state index in [1.807, 2.05) is 13.8 Å². The van der Waals surface area contributed by atoms with Gasteiger partial charge in [0.25, 0.3) is 0 Å². The smallest absolute Gasteiger partial charge is 0.0458 e. The van der Waals surface area contributed by atoms with Gasteiger partial charge in [0, 0.05) is 11.2 Å². The number of H-pyrrole nitrogens is 1. The molecule has 1 N–H and O–H groups in total. The van der Waals surface area contributed by atoms with Crippen molar-refractivity contribution in [2.24, 2.45) is 0 Å². The topological polar surface area (TPSA) is 15.8 Å². The van der Waals surface area contributed by atoms with Crippen LogP contribution in [0.3, 0.4) is 0 Å². The number of aromatic amines is 1. The second-order valence-corrected chi connectivity index (χ2v) is 3.23. The van der Waals surface area contributed by atoms with Crippen LogP contribution >= 0.6 is 0 Å². The Labute approximate surface area is 86.2 Å². The maximum absolute atomic E-state index is 3.33. The lowest BCUT2D eigenvalue weighted by molar-refractivity contribution is 1.14. The monoisotopic (exact) mass is 189 g/mol. The molecule has 76 valence electrons. The molecule has 0 fully saturated rings. The molecule has 0 aliphatic heterocycles. The summed E-state index contributed by atoms with van der Waals surface area (Å²) in [7, 11) is 0. The summed E-state index contributed by atoms with van der Waals surface area (Å²) in [5.41, 5.74) is 3.88. The van der Waals surface area contributed by atoms with E-state index < -0.39 is 0 Å². The van der Waals surface area contributed by atoms with Crippen LogP contribution in [0.5, 0.6) is 0 Å². The van der Waals surface area contributed by atoms with Gasteiger partial charge < -0.3 is 4.98 Å². The first-order valence-corrected chi connectivity index (χ1v) is 5.38. The normalized spacial score (nSPS) is 9.71. The van der Waals surface area contributed by atoms with Crippen molar-refractivity contribution < 1.29 is 0 Å². The molecular formula is C13H19N. The van der Waals surface area contributed by atoms with E-state index in [1.54, 1.807) is 0 Å². The molecule has 0 spiro atoms. The van der Waals surface area contributed by atoms with Crippen molar-refractivity contribution in [2.75, 3.05) is 0 Å². The molecule has 0 unspecified atom stereocenters. The number of fused-ring (bicyclic) bond motifs is 1. The van der Waals surface area contributed by atoms with Crippen molar-refractivity contribution in [2.45, 2.75) is 34.1 Å². The molecule has 0 saturated heterocycles. The van der Waals surface area contributed by atoms with Crippen molar-refractivity contribution in [3.05, 3.63) is 35.5 Å². The molecule has 14 heavy (non-hydrogen) atoms. The summed E-state index contributed by atoms with van der Waals surface area (Å²) >= 11 is 0. The second-order valence-electron chi connectivity index (χ2n) is 3.23. The second kappa shape index (κ2) is 4.85. The van der Waals surface area contributed by atoms with E-state index in [-0.39, 0.29) is 0 Å². The van der Waals surface area contributed by atoms with Crippen molar-refractivity contribution in [1.82, 2.24) is 4.98 Å². The van der Waals surface area contributed by atoms with E-state index in [0.29, 0.717) is 0 Å². The zero-order chi connectivity index (χ0) is 10.6. The largest absolute Gasteiger partial charge is 0.359 e. The highest BCUT2D eigenvalue weighted by atomic mass is 14.7. The molecule has 1 heterocycles. The predicted molar refractivity (Wildman–Crippen MR) is 63.8 cm³/mol. The van der Waals surface area contributed by atoms with Crippen molar-refractivity contribution >= 4 is 10.9 Å². The minimum absolute atomic E-state index is 1.11. The highest BCUT2D eigenvalue weighted by molar-refractivity contribution is 5.80. The molecule has 0 bridgehead atoms. The number of hydrogen-bond acceptors (Lipinski definition) is 0. The fraction of sp³-hybridized carbons (Fsp3) is 0.385. The summed E-state index contributed by atoms with van der Waals surface area (Å²) in [6.07, 6.45) is 1.11. The number of aryl methyl sites for hydroxylation is 2. The van der Waals surface area contributed by atoms with Crippen molar-refractivity contribution in [3.8, 4) is 0 Å². The third kappa shape index (κ3) is 2.16. The Morgan fingerprint density at radius 2 is 1.86 bits per heavy atom. The van der Waals surface area contributed by atoms with Crippen LogP contribution in [-0.4, -0.2) is 4.98 Å². The van der Waals surface area contributed by atoms with Crippen LogP contribution in [0.25, 0.3) is 10.9 Å². The van der Waals surface area contributed by atoms with Gasteiger partial charge in [-0.3, -0.25) is 0 Å². The van der Waals surface area contributed by atoms with E-state index in [1.165, 1.54) is 22.2 Å². The Bertz CT molecular complexity index is 399. The predicted octanol–water partition coefficient (Wildman–Crippen LogP) is 4.06. The first-order valence-electron chi connectivity index (χ1n) is 5.38. The fourth-order valence-electron chi connectivity index (χ4n) is 1.54. The quantitative estimate of drug-likeness (QED) is 0.696. The average Bonchev–Trinajstić information content (AvgIpc) is 2.59. The van der Waals surface area contributed by atoms with Gasteiger partial charge in [0.05, 0.1) is 0 Å². The fourth-order valence-corrected chi connectivity index (χ4v) is 1.54. The SMILES string of the molecule is CC.CCc1ccc2cc(C)[nH]c2c1. The molecule has 0 aliphatic rings. The highest BCUT2D eigenvalue weighted by Gasteiger charge is 1.96. The molecule has 2 rings (SSSR count). The lowest BCUT2D eigenvalue weighted by atomic mass is 10.1. The zero-order valence-electron chi connectivity index (χ0n) is 9.52. The molecule has 0 aliphatic carbocycles. The zero-order valence-corrected chi connectivity index (χ0v) is 9.52. The van der Waals surface area contributed by atoms with E-state index in [0.717, 1.165) is 6.42 Å². The first kappa shape index (κ1) is 10.8. The molecule has 1 aromatic heterocycles. The van der Waals surface area contributed by atoms with Crippen LogP contribution in [0.15, 0.2) is 24.3 Å². The van der Waals surface area contributed by atoms with Gasteiger partial charge in [-0.15, -0.1) is 0 Å². The number of nitrogens with one attached hydrogen (secondary N) is 1. The van der Waals surface area contributed by atoms with Crippen LogP contribution in [0.1, 0.15) is 32.0 Å². The van der Waals surface area contributed by atoms with Gasteiger partial charge in [-0.1, -0.05) is 32.9 Å². The van der Waals surface area contributed by atoms with Gasteiger partial charge in [-0.25, -0.2) is 0 Å². The highest BCUT2D eigenvalue weighted by Crippen LogP contribution is 2.16. The minimum atomic E-state index is 1.11. The summed E-state index contributed by atoms with van der Waals surface area (Å²) in [6.45, 7) is 8.27. The van der Waals surface area contributed by atoms with Gasteiger partial charge >= 0.3 is 0 Å². The van der Waals surface area contributed by atoms with E-state index in [2.05, 4.69) is 43.1 Å². The lowest BCUT2D eigenvalue weighted by Gasteiger charge is -1.94. The maximum Gasteiger partial charge on any atom is 0.0458 e. The molecule has 1 aromatic carbocycles. The van der Waals surface area contributed by atoms with Gasteiger partial charge in [0.15, 0.2) is 0 Å². The first-order chi connectivity index (χ1) is 6.79. The molecule has 0 atom stereocenters. The van der Waals surface area contributed by atoms with Crippen LogP contribution in [0, 0.1) is 6.92 Å². The Kier molecular flexibility index (Phi) is 3.75. The number of benzene rings is 1. The van der Waals surface area contributed by atoms with Crippen LogP contribution in [0.4, 0.5) is 0 Å². The summed E-state index contributed by atoms with van der Waals surface area (Å²) in [4.78, 5) is 3.33. The van der Waals surface area contributed by atoms with Crippen LogP contribution in [0.2, 0.25) is 0 Å². The Balaban J connectivity index is 0.000000461. The summed E-state index contributed by atoms with van der Waals surface area (Å²) in [5, 5.41) is 1.31. The van der Waals surface area contributed by atoms with Crippen molar-refractivity contribution in [1.29, 1.82) is 0 Å². The summed E-state index contributed by atoms with van der Waals surface area (Å²) in [5.74, 6) is 0. The molecule has 1 heteroatoms. The van der Waals surface area contributed by atoms with Crippen LogP contribution < -0.4 is 0 Å². The molecule has 0 amide bonds. The summed E-state index contributed by atoms with van der Waals surface area (Å²) < 4.78 is 0. The van der Waals surface area contributed by atoms with Crippen molar-refractivity contribution in [3.63, 3.8) is 0 Å². The van der Waals surface area contributed by atoms with E-state index in [4.69, 9.17) is 0 Å². The van der Waals surface area contributed by atoms with Gasteiger partial charge in [0.1, 0.15) is 0 Å². The van der Waals surface area contributed by atoms with E-state index in [9.17, 15) is 0 Å².